The highest BCUT2D eigenvalue weighted by Gasteiger charge is 2.17. The van der Waals surface area contributed by atoms with Crippen molar-refractivity contribution in [1.29, 1.82) is 0 Å². The fourth-order valence-electron chi connectivity index (χ4n) is 1.92. The van der Waals surface area contributed by atoms with Gasteiger partial charge in [-0.2, -0.15) is 0 Å². The topological polar surface area (TPSA) is 87.7 Å². The zero-order valence-electron chi connectivity index (χ0n) is 10.2. The highest BCUT2D eigenvalue weighted by atomic mass is 32.2. The van der Waals surface area contributed by atoms with Gasteiger partial charge in [-0.25, -0.2) is 0 Å². The molecule has 1 heterocycles. The molecule has 1 fully saturated rings. The molecule has 6 nitrogen and oxygen atoms in total. The molecule has 0 radical (unpaired) electrons. The molecule has 1 aliphatic carbocycles. The number of nitrogens with one attached hydrogen (secondary N) is 2. The van der Waals surface area contributed by atoms with Crippen LogP contribution in [0.2, 0.25) is 0 Å². The van der Waals surface area contributed by atoms with Gasteiger partial charge in [0.25, 0.3) is 5.56 Å². The third-order valence-corrected chi connectivity index (χ3v) is 3.76. The third-order valence-electron chi connectivity index (χ3n) is 2.90. The fourth-order valence-corrected chi connectivity index (χ4v) is 2.53. The number of aryl methyl sites for hydroxylation is 1. The van der Waals surface area contributed by atoms with Crippen LogP contribution in [0.5, 0.6) is 0 Å². The summed E-state index contributed by atoms with van der Waals surface area (Å²) in [6.45, 7) is 1.59. The molecule has 1 amide bonds. The van der Waals surface area contributed by atoms with E-state index in [0.29, 0.717) is 16.9 Å². The molecule has 1 saturated carbocycles. The number of aromatic amines is 1. The van der Waals surface area contributed by atoms with Crippen LogP contribution in [-0.2, 0) is 4.79 Å². The number of nitrogens with zero attached hydrogens (tertiary/aromatic N) is 2. The smallest absolute Gasteiger partial charge is 0.273 e. The van der Waals surface area contributed by atoms with Gasteiger partial charge in [-0.1, -0.05) is 24.6 Å². The van der Waals surface area contributed by atoms with Crippen molar-refractivity contribution in [3.63, 3.8) is 0 Å². The standard InChI is InChI=1S/C11H16N4O2S/c1-7-10(17)13-11(15-14-7)18-6-9(16)12-8-4-2-3-5-8/h8H,2-6H2,1H3,(H,12,16)(H,13,15,17). The molecule has 0 aromatic carbocycles. The van der Waals surface area contributed by atoms with Crippen LogP contribution >= 0.6 is 11.8 Å². The molecule has 18 heavy (non-hydrogen) atoms. The minimum absolute atomic E-state index is 0.0184. The zero-order valence-corrected chi connectivity index (χ0v) is 11.0. The van der Waals surface area contributed by atoms with Crippen molar-refractivity contribution < 1.29 is 4.79 Å². The predicted octanol–water partition coefficient (Wildman–Crippen LogP) is 0.624. The van der Waals surface area contributed by atoms with Crippen LogP contribution in [0, 0.1) is 6.92 Å². The summed E-state index contributed by atoms with van der Waals surface area (Å²) in [6.07, 6.45) is 4.51. The Kier molecular flexibility index (Phi) is 4.35. The molecule has 0 unspecified atom stereocenters. The van der Waals surface area contributed by atoms with E-state index in [-0.39, 0.29) is 17.2 Å². The largest absolute Gasteiger partial charge is 0.353 e. The summed E-state index contributed by atoms with van der Waals surface area (Å²) in [4.78, 5) is 25.5. The molecule has 2 N–H and O–H groups in total. The van der Waals surface area contributed by atoms with Gasteiger partial charge >= 0.3 is 0 Å². The van der Waals surface area contributed by atoms with Crippen LogP contribution in [0.4, 0.5) is 0 Å². The number of hydrogen-bond acceptors (Lipinski definition) is 5. The van der Waals surface area contributed by atoms with Crippen molar-refractivity contribution in [3.05, 3.63) is 16.0 Å². The molecule has 7 heteroatoms. The Hall–Kier alpha value is -1.37. The lowest BCUT2D eigenvalue weighted by atomic mass is 10.2. The number of carbonyl (C=O) groups is 1. The molecule has 0 aliphatic heterocycles. The van der Waals surface area contributed by atoms with Gasteiger partial charge in [-0.3, -0.25) is 14.6 Å². The van der Waals surface area contributed by atoms with Crippen LogP contribution in [0.1, 0.15) is 31.4 Å². The molecule has 98 valence electrons. The van der Waals surface area contributed by atoms with Crippen molar-refractivity contribution in [2.45, 2.75) is 43.8 Å². The van der Waals surface area contributed by atoms with Gasteiger partial charge in [-0.05, 0) is 19.8 Å². The lowest BCUT2D eigenvalue weighted by molar-refractivity contribution is -0.119. The third kappa shape index (κ3) is 3.56. The Balaban J connectivity index is 1.81. The Morgan fingerprint density at radius 2 is 2.17 bits per heavy atom. The summed E-state index contributed by atoms with van der Waals surface area (Å²) in [7, 11) is 0. The lowest BCUT2D eigenvalue weighted by Gasteiger charge is -2.10. The average molecular weight is 268 g/mol. The summed E-state index contributed by atoms with van der Waals surface area (Å²) in [5.41, 5.74) is 0.0680. The van der Waals surface area contributed by atoms with E-state index in [9.17, 15) is 9.59 Å². The second-order valence-electron chi connectivity index (χ2n) is 4.38. The number of thioether (sulfide) groups is 1. The molecule has 1 aliphatic rings. The van der Waals surface area contributed by atoms with E-state index in [0.717, 1.165) is 12.8 Å². The van der Waals surface area contributed by atoms with Crippen molar-refractivity contribution >= 4 is 17.7 Å². The molecule has 2 rings (SSSR count). The Morgan fingerprint density at radius 3 is 2.83 bits per heavy atom. The second kappa shape index (κ2) is 5.99. The minimum Gasteiger partial charge on any atom is -0.353 e. The van der Waals surface area contributed by atoms with Crippen molar-refractivity contribution in [2.24, 2.45) is 0 Å². The van der Waals surface area contributed by atoms with E-state index in [4.69, 9.17) is 0 Å². The van der Waals surface area contributed by atoms with Gasteiger partial charge < -0.3 is 5.32 Å². The van der Waals surface area contributed by atoms with E-state index in [1.165, 1.54) is 24.6 Å². The predicted molar refractivity (Wildman–Crippen MR) is 68.5 cm³/mol. The van der Waals surface area contributed by atoms with E-state index >= 15 is 0 Å². The van der Waals surface area contributed by atoms with Gasteiger partial charge in [0, 0.05) is 6.04 Å². The SMILES string of the molecule is Cc1nnc(SCC(=O)NC2CCCC2)[nH]c1=O. The lowest BCUT2D eigenvalue weighted by Crippen LogP contribution is -2.33. The number of amides is 1. The van der Waals surface area contributed by atoms with Gasteiger partial charge in [0.2, 0.25) is 5.91 Å². The summed E-state index contributed by atoms with van der Waals surface area (Å²) in [5, 5.41) is 10.9. The number of rotatable bonds is 4. The van der Waals surface area contributed by atoms with Crippen LogP contribution in [0.15, 0.2) is 9.95 Å². The maximum atomic E-state index is 11.7. The summed E-state index contributed by atoms with van der Waals surface area (Å²) < 4.78 is 0. The fraction of sp³-hybridized carbons (Fsp3) is 0.636. The molecule has 0 spiro atoms. The number of aromatic nitrogens is 3. The van der Waals surface area contributed by atoms with E-state index in [1.54, 1.807) is 6.92 Å². The molecule has 0 saturated heterocycles. The Morgan fingerprint density at radius 1 is 1.44 bits per heavy atom. The molecular weight excluding hydrogens is 252 g/mol. The zero-order chi connectivity index (χ0) is 13.0. The summed E-state index contributed by atoms with van der Waals surface area (Å²) in [6, 6.07) is 0.321. The molecule has 0 bridgehead atoms. The van der Waals surface area contributed by atoms with Crippen molar-refractivity contribution in [2.75, 3.05) is 5.75 Å². The van der Waals surface area contributed by atoms with Crippen LogP contribution in [0.3, 0.4) is 0 Å². The van der Waals surface area contributed by atoms with Crippen LogP contribution < -0.4 is 10.9 Å². The summed E-state index contributed by atoms with van der Waals surface area (Å²) >= 11 is 1.19. The first kappa shape index (κ1) is 13.1. The quantitative estimate of drug-likeness (QED) is 0.782. The molecular formula is C11H16N4O2S. The average Bonchev–Trinajstić information content (AvgIpc) is 2.83. The van der Waals surface area contributed by atoms with Gasteiger partial charge in [0.15, 0.2) is 5.16 Å². The van der Waals surface area contributed by atoms with Crippen molar-refractivity contribution in [1.82, 2.24) is 20.5 Å². The number of carbonyl (C=O) groups excluding carboxylic acids is 1. The molecule has 1 aromatic heterocycles. The summed E-state index contributed by atoms with van der Waals surface area (Å²) in [5.74, 6) is 0.236. The van der Waals surface area contributed by atoms with Crippen LogP contribution in [-0.4, -0.2) is 32.9 Å². The number of hydrogen-bond donors (Lipinski definition) is 2. The first-order chi connectivity index (χ1) is 8.65. The maximum absolute atomic E-state index is 11.7. The second-order valence-corrected chi connectivity index (χ2v) is 5.35. The van der Waals surface area contributed by atoms with E-state index in [2.05, 4.69) is 20.5 Å². The van der Waals surface area contributed by atoms with Crippen molar-refractivity contribution in [3.8, 4) is 0 Å². The Labute approximate surface area is 109 Å². The van der Waals surface area contributed by atoms with Gasteiger partial charge in [0.05, 0.1) is 5.75 Å². The molecule has 1 aromatic rings. The first-order valence-corrected chi connectivity index (χ1v) is 6.99. The van der Waals surface area contributed by atoms with E-state index < -0.39 is 0 Å². The van der Waals surface area contributed by atoms with Gasteiger partial charge in [-0.15, -0.1) is 10.2 Å². The van der Waals surface area contributed by atoms with E-state index in [1.807, 2.05) is 0 Å². The Bertz CT molecular complexity index is 482. The van der Waals surface area contributed by atoms with Crippen LogP contribution in [0.25, 0.3) is 0 Å². The molecule has 0 atom stereocenters. The highest BCUT2D eigenvalue weighted by Crippen LogP contribution is 2.18. The minimum atomic E-state index is -0.260. The normalized spacial score (nSPS) is 15.8. The maximum Gasteiger partial charge on any atom is 0.273 e. The number of H-pyrrole nitrogens is 1. The highest BCUT2D eigenvalue weighted by molar-refractivity contribution is 7.99. The first-order valence-electron chi connectivity index (χ1n) is 6.01. The monoisotopic (exact) mass is 268 g/mol. The van der Waals surface area contributed by atoms with Gasteiger partial charge in [0.1, 0.15) is 5.69 Å².